The maximum Gasteiger partial charge on any atom is 0.374 e. The van der Waals surface area contributed by atoms with E-state index in [0.29, 0.717) is 0 Å². The van der Waals surface area contributed by atoms with Gasteiger partial charge in [-0.2, -0.15) is 0 Å². The zero-order valence-corrected chi connectivity index (χ0v) is 11.6. The topological polar surface area (TPSA) is 59.2 Å². The summed E-state index contributed by atoms with van der Waals surface area (Å²) < 4.78 is 4.49. The van der Waals surface area contributed by atoms with Crippen LogP contribution in [0.4, 0.5) is 0 Å². The molecule has 0 saturated heterocycles. The Hall–Kier alpha value is -2.36. The maximum absolute atomic E-state index is 11.8. The van der Waals surface area contributed by atoms with E-state index < -0.39 is 11.8 Å². The van der Waals surface area contributed by atoms with Crippen LogP contribution in [-0.4, -0.2) is 23.8 Å². The molecule has 20 heavy (non-hydrogen) atoms. The Balaban J connectivity index is 2.28. The van der Waals surface area contributed by atoms with Crippen LogP contribution in [0.15, 0.2) is 42.6 Å². The third-order valence-corrected chi connectivity index (χ3v) is 3.28. The standard InChI is InChI=1S/C16H17NO3/c1-11-5-7-12(8-6-11)13(14-4-3-9-17-14)10-15(18)16(19)20-2/h3-9,13,17H,10H2,1-2H3. The van der Waals surface area contributed by atoms with Gasteiger partial charge in [0.1, 0.15) is 0 Å². The van der Waals surface area contributed by atoms with Crippen LogP contribution in [-0.2, 0) is 14.3 Å². The number of H-pyrrole nitrogens is 1. The predicted octanol–water partition coefficient (Wildman–Crippen LogP) is 2.59. The van der Waals surface area contributed by atoms with Gasteiger partial charge in [-0.1, -0.05) is 29.8 Å². The number of hydrogen-bond acceptors (Lipinski definition) is 3. The summed E-state index contributed by atoms with van der Waals surface area (Å²) in [5, 5.41) is 0. The number of hydrogen-bond donors (Lipinski definition) is 1. The van der Waals surface area contributed by atoms with Gasteiger partial charge in [0.05, 0.1) is 7.11 Å². The summed E-state index contributed by atoms with van der Waals surface area (Å²) in [4.78, 5) is 26.3. The maximum atomic E-state index is 11.8. The second-order valence-corrected chi connectivity index (χ2v) is 4.71. The molecule has 0 radical (unpaired) electrons. The summed E-state index contributed by atoms with van der Waals surface area (Å²) in [6.45, 7) is 2.01. The van der Waals surface area contributed by atoms with Crippen LogP contribution in [0.1, 0.15) is 29.2 Å². The lowest BCUT2D eigenvalue weighted by Crippen LogP contribution is -2.19. The van der Waals surface area contributed by atoms with Crippen molar-refractivity contribution in [1.82, 2.24) is 4.98 Å². The van der Waals surface area contributed by atoms with Crippen LogP contribution in [0, 0.1) is 6.92 Å². The molecule has 1 heterocycles. The molecule has 104 valence electrons. The van der Waals surface area contributed by atoms with E-state index >= 15 is 0 Å². The molecule has 2 aromatic rings. The average Bonchev–Trinajstić information content (AvgIpc) is 2.98. The first kappa shape index (κ1) is 14.1. The van der Waals surface area contributed by atoms with Crippen molar-refractivity contribution in [1.29, 1.82) is 0 Å². The van der Waals surface area contributed by atoms with Crippen molar-refractivity contribution >= 4 is 11.8 Å². The molecule has 0 aliphatic carbocycles. The normalized spacial score (nSPS) is 11.9. The van der Waals surface area contributed by atoms with Gasteiger partial charge in [-0.3, -0.25) is 4.79 Å². The lowest BCUT2D eigenvalue weighted by molar-refractivity contribution is -0.151. The van der Waals surface area contributed by atoms with Crippen molar-refractivity contribution in [2.24, 2.45) is 0 Å². The Morgan fingerprint density at radius 2 is 1.90 bits per heavy atom. The second-order valence-electron chi connectivity index (χ2n) is 4.71. The molecule has 0 aliphatic heterocycles. The van der Waals surface area contributed by atoms with Gasteiger partial charge in [-0.05, 0) is 24.6 Å². The Bertz CT molecular complexity index is 585. The van der Waals surface area contributed by atoms with E-state index in [1.807, 2.05) is 43.3 Å². The molecule has 0 bridgehead atoms. The number of benzene rings is 1. The molecule has 0 saturated carbocycles. The lowest BCUT2D eigenvalue weighted by Gasteiger charge is -2.15. The van der Waals surface area contributed by atoms with Crippen molar-refractivity contribution in [3.63, 3.8) is 0 Å². The number of Topliss-reactive ketones (excluding diaryl/α,β-unsaturated/α-hetero) is 1. The monoisotopic (exact) mass is 271 g/mol. The second kappa shape index (κ2) is 6.19. The summed E-state index contributed by atoms with van der Waals surface area (Å²) in [6.07, 6.45) is 1.90. The van der Waals surface area contributed by atoms with Gasteiger partial charge in [-0.15, -0.1) is 0 Å². The van der Waals surface area contributed by atoms with Crippen molar-refractivity contribution < 1.29 is 14.3 Å². The number of esters is 1. The van der Waals surface area contributed by atoms with Crippen molar-refractivity contribution in [3.8, 4) is 0 Å². The number of carbonyl (C=O) groups is 2. The Labute approximate surface area is 117 Å². The van der Waals surface area contributed by atoms with Gasteiger partial charge in [0, 0.05) is 24.2 Å². The number of methoxy groups -OCH3 is 1. The van der Waals surface area contributed by atoms with Crippen LogP contribution < -0.4 is 0 Å². The van der Waals surface area contributed by atoms with E-state index in [4.69, 9.17) is 0 Å². The van der Waals surface area contributed by atoms with Gasteiger partial charge in [-0.25, -0.2) is 4.79 Å². The molecule has 0 fully saturated rings. The van der Waals surface area contributed by atoms with E-state index in [0.717, 1.165) is 16.8 Å². The van der Waals surface area contributed by atoms with Crippen LogP contribution in [0.25, 0.3) is 0 Å². The molecule has 2 rings (SSSR count). The molecule has 1 unspecified atom stereocenters. The number of ether oxygens (including phenoxy) is 1. The average molecular weight is 271 g/mol. The van der Waals surface area contributed by atoms with E-state index in [-0.39, 0.29) is 12.3 Å². The molecule has 0 aliphatic rings. The van der Waals surface area contributed by atoms with Gasteiger partial charge >= 0.3 is 5.97 Å². The largest absolute Gasteiger partial charge is 0.463 e. The van der Waals surface area contributed by atoms with Crippen molar-refractivity contribution in [3.05, 3.63) is 59.4 Å². The fourth-order valence-corrected chi connectivity index (χ4v) is 2.15. The van der Waals surface area contributed by atoms with Crippen molar-refractivity contribution in [2.75, 3.05) is 7.11 Å². The number of aromatic amines is 1. The Morgan fingerprint density at radius 3 is 2.45 bits per heavy atom. The highest BCUT2D eigenvalue weighted by Gasteiger charge is 2.23. The third kappa shape index (κ3) is 3.15. The van der Waals surface area contributed by atoms with Crippen LogP contribution in [0.5, 0.6) is 0 Å². The number of nitrogens with one attached hydrogen (secondary N) is 1. The number of rotatable bonds is 5. The molecule has 4 heteroatoms. The first-order valence-corrected chi connectivity index (χ1v) is 6.43. The van der Waals surface area contributed by atoms with E-state index in [9.17, 15) is 9.59 Å². The van der Waals surface area contributed by atoms with Gasteiger partial charge in [0.15, 0.2) is 0 Å². The van der Waals surface area contributed by atoms with Crippen LogP contribution >= 0.6 is 0 Å². The SMILES string of the molecule is COC(=O)C(=O)CC(c1ccc(C)cc1)c1ccc[nH]1. The zero-order chi connectivity index (χ0) is 14.5. The third-order valence-electron chi connectivity index (χ3n) is 3.28. The smallest absolute Gasteiger partial charge is 0.374 e. The highest BCUT2D eigenvalue weighted by atomic mass is 16.5. The lowest BCUT2D eigenvalue weighted by atomic mass is 9.90. The summed E-state index contributed by atoms with van der Waals surface area (Å²) in [6, 6.07) is 11.7. The van der Waals surface area contributed by atoms with Crippen molar-refractivity contribution in [2.45, 2.75) is 19.3 Å². The predicted molar refractivity (Wildman–Crippen MR) is 75.5 cm³/mol. The fourth-order valence-electron chi connectivity index (χ4n) is 2.15. The quantitative estimate of drug-likeness (QED) is 0.671. The van der Waals surface area contributed by atoms with Gasteiger partial charge in [0.2, 0.25) is 5.78 Å². The Kier molecular flexibility index (Phi) is 4.35. The first-order valence-electron chi connectivity index (χ1n) is 6.43. The first-order chi connectivity index (χ1) is 9.61. The minimum Gasteiger partial charge on any atom is -0.463 e. The molecular weight excluding hydrogens is 254 g/mol. The minimum atomic E-state index is -0.798. The van der Waals surface area contributed by atoms with E-state index in [2.05, 4.69) is 9.72 Å². The molecule has 1 N–H and O–H groups in total. The minimum absolute atomic E-state index is 0.0935. The molecule has 0 amide bonds. The number of ketones is 1. The zero-order valence-electron chi connectivity index (χ0n) is 11.6. The van der Waals surface area contributed by atoms with Gasteiger partial charge < -0.3 is 9.72 Å². The molecular formula is C16H17NO3. The highest BCUT2D eigenvalue weighted by Crippen LogP contribution is 2.27. The Morgan fingerprint density at radius 1 is 1.20 bits per heavy atom. The molecule has 1 aromatic heterocycles. The highest BCUT2D eigenvalue weighted by molar-refractivity contribution is 6.33. The number of aryl methyl sites for hydroxylation is 1. The number of aromatic nitrogens is 1. The molecule has 1 atom stereocenters. The summed E-state index contributed by atoms with van der Waals surface area (Å²) in [5.74, 6) is -1.49. The summed E-state index contributed by atoms with van der Waals surface area (Å²) in [5.41, 5.74) is 3.06. The summed E-state index contributed by atoms with van der Waals surface area (Å²) in [7, 11) is 1.22. The molecule has 0 spiro atoms. The number of carbonyl (C=O) groups excluding carboxylic acids is 2. The van der Waals surface area contributed by atoms with Gasteiger partial charge in [0.25, 0.3) is 0 Å². The van der Waals surface area contributed by atoms with Crippen LogP contribution in [0.3, 0.4) is 0 Å². The van der Waals surface area contributed by atoms with E-state index in [1.165, 1.54) is 7.11 Å². The summed E-state index contributed by atoms with van der Waals surface area (Å²) >= 11 is 0. The molecule has 4 nitrogen and oxygen atoms in total. The van der Waals surface area contributed by atoms with Crippen LogP contribution in [0.2, 0.25) is 0 Å². The molecule has 1 aromatic carbocycles. The van der Waals surface area contributed by atoms with E-state index in [1.54, 1.807) is 6.20 Å². The fraction of sp³-hybridized carbons (Fsp3) is 0.250.